The van der Waals surface area contributed by atoms with Crippen LogP contribution in [0.1, 0.15) is 234 Å². The minimum Gasteiger partial charge on any atom is -0.453 e. The molecule has 72 heavy (non-hydrogen) atoms. The minimum atomic E-state index is -5.31. The van der Waals surface area contributed by atoms with Crippen LogP contribution in [0.5, 0.6) is 0 Å². The van der Waals surface area contributed by atoms with Crippen molar-refractivity contribution in [2.75, 3.05) is 13.2 Å². The Kier molecular flexibility index (Phi) is 36.1. The molecular weight excluding hydrogens is 949 g/mol. The lowest BCUT2D eigenvalue weighted by Gasteiger charge is -2.46. The highest BCUT2D eigenvalue weighted by Crippen LogP contribution is 2.33. The predicted molar refractivity (Wildman–Crippen MR) is 278 cm³/mol. The Morgan fingerprint density at radius 3 is 1.39 bits per heavy atom. The summed E-state index contributed by atoms with van der Waals surface area (Å²) in [6, 6.07) is 0. The Balaban J connectivity index is 2.07. The van der Waals surface area contributed by atoms with Gasteiger partial charge in [0.1, 0.15) is 30.5 Å². The second-order valence-electron chi connectivity index (χ2n) is 20.7. The Hall–Kier alpha value is -2.03. The first kappa shape index (κ1) is 66.1. The van der Waals surface area contributed by atoms with Crippen molar-refractivity contribution in [1.82, 2.24) is 0 Å². The van der Waals surface area contributed by atoms with E-state index in [1.807, 2.05) is 6.92 Å². The topological polar surface area (TPSA) is 245 Å². The van der Waals surface area contributed by atoms with Crippen molar-refractivity contribution in [3.8, 4) is 0 Å². The van der Waals surface area contributed by atoms with Crippen molar-refractivity contribution in [3.63, 3.8) is 0 Å². The van der Waals surface area contributed by atoms with Crippen molar-refractivity contribution in [3.05, 3.63) is 23.3 Å². The molecule has 11 atom stereocenters. The quantitative estimate of drug-likeness (QED) is 0.0109. The lowest BCUT2D eigenvalue weighted by molar-refractivity contribution is -0.374. The van der Waals surface area contributed by atoms with Crippen molar-refractivity contribution in [2.45, 2.75) is 295 Å². The van der Waals surface area contributed by atoms with Gasteiger partial charge in [0.05, 0.1) is 13.2 Å². The largest absolute Gasteiger partial charge is 0.453 e. The highest BCUT2D eigenvalue weighted by Gasteiger charge is 2.54. The molecule has 6 N–H and O–H groups in total. The second kappa shape index (κ2) is 39.4. The van der Waals surface area contributed by atoms with Crippen LogP contribution >= 0.6 is 0 Å². The summed E-state index contributed by atoms with van der Waals surface area (Å²) in [6.45, 7) is 8.28. The fourth-order valence-corrected chi connectivity index (χ4v) is 10.1. The molecule has 422 valence electrons. The molecule has 2 saturated heterocycles. The van der Waals surface area contributed by atoms with Gasteiger partial charge >= 0.3 is 22.3 Å². The molecule has 0 radical (unpaired) electrons. The van der Waals surface area contributed by atoms with Crippen LogP contribution in [0.4, 0.5) is 0 Å². The van der Waals surface area contributed by atoms with E-state index >= 15 is 0 Å². The van der Waals surface area contributed by atoms with Gasteiger partial charge in [-0.15, -0.1) is 0 Å². The van der Waals surface area contributed by atoms with Crippen molar-refractivity contribution < 1.29 is 76.0 Å². The van der Waals surface area contributed by atoms with E-state index in [-0.39, 0.29) is 17.9 Å². The zero-order chi connectivity index (χ0) is 53.2. The fraction of sp³-hybridized carbons (Fsp3) is 0.891. The van der Waals surface area contributed by atoms with E-state index in [0.717, 1.165) is 50.5 Å². The normalized spacial score (nSPS) is 25.7. The van der Waals surface area contributed by atoms with Gasteiger partial charge in [-0.2, -0.15) is 8.42 Å². The lowest BCUT2D eigenvalue weighted by atomic mass is 9.97. The molecule has 2 heterocycles. The molecule has 0 saturated carbocycles. The van der Waals surface area contributed by atoms with Gasteiger partial charge in [0.2, 0.25) is 6.29 Å². The summed E-state index contributed by atoms with van der Waals surface area (Å²) in [7, 11) is -5.31. The number of aliphatic hydroxyl groups is 5. The van der Waals surface area contributed by atoms with E-state index in [4.69, 9.17) is 23.7 Å². The van der Waals surface area contributed by atoms with Crippen LogP contribution in [-0.2, 0) is 47.9 Å². The summed E-state index contributed by atoms with van der Waals surface area (Å²) in [5.74, 6) is -1.40. The van der Waals surface area contributed by atoms with E-state index in [0.29, 0.717) is 6.42 Å². The van der Waals surface area contributed by atoms with Crippen LogP contribution in [-0.4, -0.2) is 125 Å². The molecule has 16 nitrogen and oxygen atoms in total. The molecule has 0 aromatic carbocycles. The molecule has 2 aliphatic heterocycles. The molecule has 0 amide bonds. The number of esters is 2. The smallest absolute Gasteiger partial charge is 0.397 e. The third-order valence-corrected chi connectivity index (χ3v) is 14.4. The second-order valence-corrected chi connectivity index (χ2v) is 21.7. The molecule has 17 heteroatoms. The van der Waals surface area contributed by atoms with Crippen molar-refractivity contribution in [2.24, 2.45) is 5.92 Å². The number of carbonyl (C=O) groups is 2. The SMILES string of the molecule is CCCCCCCCCCCCCCCCCC[C@H](C)/C=C(C)/C=C(\C)C(=O)O[C@H]1[C@H](O)[C@@H](CO)O[C@H](O[C@H]2O[C@H](CO)[C@@H](O)[C@H](O)[C@H]2OS(=O)(=O)O)[C@@H]1OC(=O)CCCCCCCCCCCCCCC. The molecule has 2 aliphatic rings. The fourth-order valence-electron chi connectivity index (χ4n) is 9.66. The van der Waals surface area contributed by atoms with Gasteiger partial charge in [-0.05, 0) is 38.7 Å². The van der Waals surface area contributed by atoms with Crippen LogP contribution in [0.3, 0.4) is 0 Å². The summed E-state index contributed by atoms with van der Waals surface area (Å²) in [5, 5.41) is 52.9. The summed E-state index contributed by atoms with van der Waals surface area (Å²) in [4.78, 5) is 27.3. The van der Waals surface area contributed by atoms with E-state index in [9.17, 15) is 48.1 Å². The van der Waals surface area contributed by atoms with E-state index in [2.05, 4.69) is 31.0 Å². The van der Waals surface area contributed by atoms with Gasteiger partial charge in [-0.25, -0.2) is 8.98 Å². The Bertz CT molecular complexity index is 1590. The Morgan fingerprint density at radius 2 is 0.958 bits per heavy atom. The summed E-state index contributed by atoms with van der Waals surface area (Å²) >= 11 is 0. The summed E-state index contributed by atoms with van der Waals surface area (Å²) < 4.78 is 66.7. The zero-order valence-electron chi connectivity index (χ0n) is 45.0. The Labute approximate surface area is 434 Å². The average molecular weight is 1050 g/mol. The van der Waals surface area contributed by atoms with Crippen molar-refractivity contribution >= 4 is 22.3 Å². The highest BCUT2D eigenvalue weighted by atomic mass is 32.3. The molecule has 0 aromatic heterocycles. The minimum absolute atomic E-state index is 0.0619. The van der Waals surface area contributed by atoms with Gasteiger partial charge in [0.25, 0.3) is 0 Å². The zero-order valence-corrected chi connectivity index (χ0v) is 45.8. The monoisotopic (exact) mass is 1050 g/mol. The predicted octanol–water partition coefficient (Wildman–Crippen LogP) is 10.2. The van der Waals surface area contributed by atoms with Crippen LogP contribution in [0.15, 0.2) is 23.3 Å². The molecule has 0 spiro atoms. The van der Waals surface area contributed by atoms with Crippen LogP contribution in [0, 0.1) is 5.92 Å². The maximum Gasteiger partial charge on any atom is 0.397 e. The molecular formula is C55H100O16S. The Morgan fingerprint density at radius 1 is 0.556 bits per heavy atom. The molecule has 2 rings (SSSR count). The average Bonchev–Trinajstić information content (AvgIpc) is 3.33. The van der Waals surface area contributed by atoms with Gasteiger partial charge in [0.15, 0.2) is 24.6 Å². The highest BCUT2D eigenvalue weighted by molar-refractivity contribution is 7.80. The number of ether oxygens (including phenoxy) is 5. The maximum atomic E-state index is 13.8. The number of hydrogen-bond donors (Lipinski definition) is 6. The standard InChI is InChI=1S/C55H100O16S/c1-6-8-10-12-14-16-18-20-21-22-24-25-27-29-31-33-35-41(3)37-42(4)38-43(5)53(62)69-50-48(60)45(40-57)67-55(70-54-51(71-72(63,64)65)49(61)47(59)44(39-56)66-54)52(50)68-46(58)36-34-32-30-28-26-23-19-17-15-13-11-9-7-2/h37-38,41,44-45,47-52,54-57,59-61H,6-36,39-40H2,1-5H3,(H,63,64,65)/b42-37+,43-38+/t41-,44+,45+,47+,48+,49-,50-,51+,52+,54+,55+/m0/s1. The molecule has 0 aliphatic carbocycles. The van der Waals surface area contributed by atoms with Crippen LogP contribution in [0.2, 0.25) is 0 Å². The van der Waals surface area contributed by atoms with Gasteiger partial charge in [0, 0.05) is 12.0 Å². The molecule has 0 aromatic rings. The number of rotatable bonds is 42. The van der Waals surface area contributed by atoms with E-state index in [1.165, 1.54) is 148 Å². The molecule has 0 unspecified atom stereocenters. The maximum absolute atomic E-state index is 13.8. The van der Waals surface area contributed by atoms with Gasteiger partial charge in [-0.3, -0.25) is 9.35 Å². The van der Waals surface area contributed by atoms with Crippen LogP contribution < -0.4 is 0 Å². The number of aliphatic hydroxyl groups excluding tert-OH is 5. The number of allylic oxidation sites excluding steroid dienone is 3. The first-order chi connectivity index (χ1) is 34.6. The lowest BCUT2D eigenvalue weighted by Crippen LogP contribution is -2.65. The van der Waals surface area contributed by atoms with Gasteiger partial charge < -0.3 is 49.2 Å². The third kappa shape index (κ3) is 28.2. The third-order valence-electron chi connectivity index (χ3n) is 13.9. The number of carbonyl (C=O) groups excluding carboxylic acids is 2. The number of hydrogen-bond acceptors (Lipinski definition) is 15. The van der Waals surface area contributed by atoms with Crippen molar-refractivity contribution in [1.29, 1.82) is 0 Å². The van der Waals surface area contributed by atoms with E-state index in [1.54, 1.807) is 6.08 Å². The molecule has 2 fully saturated rings. The molecule has 0 bridgehead atoms. The first-order valence-electron chi connectivity index (χ1n) is 28.2. The first-order valence-corrected chi connectivity index (χ1v) is 29.6. The number of unbranched alkanes of at least 4 members (excludes halogenated alkanes) is 27. The summed E-state index contributed by atoms with van der Waals surface area (Å²) in [6.07, 6.45) is 21.4. The summed E-state index contributed by atoms with van der Waals surface area (Å²) in [5.41, 5.74) is 0.974. The van der Waals surface area contributed by atoms with Gasteiger partial charge in [-0.1, -0.05) is 212 Å². The van der Waals surface area contributed by atoms with E-state index < -0.39 is 97.0 Å². The van der Waals surface area contributed by atoms with Crippen LogP contribution in [0.25, 0.3) is 0 Å².